The maximum absolute atomic E-state index is 14.0. The van der Waals surface area contributed by atoms with E-state index in [1.807, 2.05) is 0 Å². The summed E-state index contributed by atoms with van der Waals surface area (Å²) in [4.78, 5) is 37.8. The third kappa shape index (κ3) is 4.46. The van der Waals surface area contributed by atoms with Crippen molar-refractivity contribution in [3.05, 3.63) is 76.9 Å². The molecule has 182 valence electrons. The topological polar surface area (TPSA) is 105 Å². The van der Waals surface area contributed by atoms with Gasteiger partial charge in [-0.1, -0.05) is 12.1 Å². The van der Waals surface area contributed by atoms with E-state index in [4.69, 9.17) is 0 Å². The van der Waals surface area contributed by atoms with E-state index in [0.717, 1.165) is 36.4 Å². The van der Waals surface area contributed by atoms with Crippen molar-refractivity contribution in [2.75, 3.05) is 6.54 Å². The second kappa shape index (κ2) is 8.53. The fourth-order valence-electron chi connectivity index (χ4n) is 4.00. The molecule has 3 N–H and O–H groups in total. The number of benzene rings is 2. The van der Waals surface area contributed by atoms with Gasteiger partial charge in [-0.25, -0.2) is 9.18 Å². The number of amides is 4. The molecule has 4 amide bonds. The Morgan fingerprint density at radius 3 is 2.34 bits per heavy atom. The van der Waals surface area contributed by atoms with Crippen molar-refractivity contribution in [3.63, 3.8) is 0 Å². The average Bonchev–Trinajstić information content (AvgIpc) is 3.28. The number of carbonyl (C=O) groups is 3. The molecule has 8 nitrogen and oxygen atoms in total. The lowest BCUT2D eigenvalue weighted by Gasteiger charge is -2.26. The first-order valence-corrected chi connectivity index (χ1v) is 10.3. The van der Waals surface area contributed by atoms with Crippen LogP contribution >= 0.6 is 0 Å². The van der Waals surface area contributed by atoms with Crippen molar-refractivity contribution in [1.29, 1.82) is 0 Å². The molecule has 12 heteroatoms. The Bertz CT molecular complexity index is 1330. The molecule has 35 heavy (non-hydrogen) atoms. The summed E-state index contributed by atoms with van der Waals surface area (Å²) in [6.45, 7) is 1.32. The van der Waals surface area contributed by atoms with E-state index in [-0.39, 0.29) is 23.2 Å². The van der Waals surface area contributed by atoms with Crippen molar-refractivity contribution >= 4 is 17.8 Å². The van der Waals surface area contributed by atoms with Gasteiger partial charge in [0.05, 0.1) is 23.5 Å². The van der Waals surface area contributed by atoms with E-state index < -0.39 is 40.9 Å². The summed E-state index contributed by atoms with van der Waals surface area (Å²) in [6.07, 6.45) is -4.55. The van der Waals surface area contributed by atoms with Crippen LogP contribution in [0.1, 0.15) is 27.3 Å². The van der Waals surface area contributed by atoms with Crippen LogP contribution in [0.5, 0.6) is 0 Å². The zero-order chi connectivity index (χ0) is 25.5. The normalized spacial score (nSPS) is 17.8. The predicted molar refractivity (Wildman–Crippen MR) is 115 cm³/mol. The largest absolute Gasteiger partial charge is 0.416 e. The quantitative estimate of drug-likeness (QED) is 0.379. The van der Waals surface area contributed by atoms with Crippen molar-refractivity contribution < 1.29 is 31.9 Å². The lowest BCUT2D eigenvalue weighted by molar-refractivity contribution is -0.137. The number of urea groups is 1. The third-order valence-corrected chi connectivity index (χ3v) is 5.64. The van der Waals surface area contributed by atoms with Crippen LogP contribution in [0.15, 0.2) is 48.5 Å². The van der Waals surface area contributed by atoms with Crippen LogP contribution in [0.4, 0.5) is 22.4 Å². The Balaban J connectivity index is 1.66. The standard InChI is InChI=1S/C23H19F4N5O3/c1-12-9-18(32(2)31-12)22(20(34)29-21(35)30-22)11-28-19(33)16-8-7-15(24)10-17(16)13-3-5-14(6-4-13)23(25,26)27/h3-10H,11H2,1-2H3,(H,28,33)(H2,29,30,34,35)/t22-/m1/s1. The lowest BCUT2D eigenvalue weighted by atomic mass is 9.93. The predicted octanol–water partition coefficient (Wildman–Crippen LogP) is 3.02. The molecule has 2 aromatic carbocycles. The van der Waals surface area contributed by atoms with Crippen LogP contribution in [-0.4, -0.2) is 34.2 Å². The molecule has 0 radical (unpaired) electrons. The molecule has 1 aliphatic rings. The number of carbonyl (C=O) groups excluding carboxylic acids is 3. The number of nitrogens with zero attached hydrogens (tertiary/aromatic N) is 2. The summed E-state index contributed by atoms with van der Waals surface area (Å²) in [7, 11) is 1.58. The van der Waals surface area contributed by atoms with Crippen molar-refractivity contribution in [1.82, 2.24) is 25.7 Å². The Morgan fingerprint density at radius 1 is 1.11 bits per heavy atom. The van der Waals surface area contributed by atoms with Gasteiger partial charge in [0.1, 0.15) is 5.82 Å². The van der Waals surface area contributed by atoms with Crippen LogP contribution in [0.3, 0.4) is 0 Å². The van der Waals surface area contributed by atoms with Crippen LogP contribution in [-0.2, 0) is 23.6 Å². The summed E-state index contributed by atoms with van der Waals surface area (Å²) in [5.41, 5.74) is -1.44. The molecule has 0 spiro atoms. The highest BCUT2D eigenvalue weighted by Gasteiger charge is 2.50. The average molecular weight is 489 g/mol. The maximum atomic E-state index is 14.0. The SMILES string of the molecule is Cc1cc([C@@]2(CNC(=O)c3ccc(F)cc3-c3ccc(C(F)(F)F)cc3)NC(=O)NC2=O)n(C)n1. The van der Waals surface area contributed by atoms with Gasteiger partial charge in [-0.05, 0) is 54.4 Å². The summed E-state index contributed by atoms with van der Waals surface area (Å²) in [5, 5.41) is 11.4. The summed E-state index contributed by atoms with van der Waals surface area (Å²) in [5.74, 6) is -2.12. The van der Waals surface area contributed by atoms with Gasteiger partial charge < -0.3 is 10.6 Å². The van der Waals surface area contributed by atoms with Crippen molar-refractivity contribution in [2.45, 2.75) is 18.6 Å². The molecule has 1 fully saturated rings. The highest BCUT2D eigenvalue weighted by Crippen LogP contribution is 2.32. The minimum atomic E-state index is -4.55. The summed E-state index contributed by atoms with van der Waals surface area (Å²) < 4.78 is 54.1. The molecule has 1 atom stereocenters. The minimum absolute atomic E-state index is 0.0350. The summed E-state index contributed by atoms with van der Waals surface area (Å²) >= 11 is 0. The third-order valence-electron chi connectivity index (χ3n) is 5.64. The van der Waals surface area contributed by atoms with Gasteiger partial charge >= 0.3 is 12.2 Å². The van der Waals surface area contributed by atoms with Crippen LogP contribution in [0, 0.1) is 12.7 Å². The number of aromatic nitrogens is 2. The highest BCUT2D eigenvalue weighted by atomic mass is 19.4. The first-order valence-electron chi connectivity index (χ1n) is 10.3. The zero-order valence-electron chi connectivity index (χ0n) is 18.5. The number of hydrogen-bond acceptors (Lipinski definition) is 4. The van der Waals surface area contributed by atoms with Gasteiger partial charge in [0.2, 0.25) is 0 Å². The number of nitrogens with one attached hydrogen (secondary N) is 3. The number of imide groups is 1. The maximum Gasteiger partial charge on any atom is 0.416 e. The van der Waals surface area contributed by atoms with Crippen LogP contribution in [0.25, 0.3) is 11.1 Å². The lowest BCUT2D eigenvalue weighted by Crippen LogP contribution is -2.53. The van der Waals surface area contributed by atoms with E-state index >= 15 is 0 Å². The molecule has 1 aliphatic heterocycles. The Labute approximate surface area is 196 Å². The van der Waals surface area contributed by atoms with Gasteiger partial charge in [0, 0.05) is 12.6 Å². The fraction of sp³-hybridized carbons (Fsp3) is 0.217. The number of halogens is 4. The minimum Gasteiger partial charge on any atom is -0.349 e. The number of rotatable bonds is 5. The summed E-state index contributed by atoms with van der Waals surface area (Å²) in [6, 6.07) is 8.02. The molecular weight excluding hydrogens is 470 g/mol. The van der Waals surface area contributed by atoms with Gasteiger partial charge in [0.25, 0.3) is 11.8 Å². The van der Waals surface area contributed by atoms with E-state index in [2.05, 4.69) is 21.0 Å². The molecule has 2 heterocycles. The molecule has 0 aliphatic carbocycles. The molecular formula is C23H19F4N5O3. The zero-order valence-corrected chi connectivity index (χ0v) is 18.5. The van der Waals surface area contributed by atoms with Gasteiger partial charge in [0.15, 0.2) is 5.54 Å². The second-order valence-corrected chi connectivity index (χ2v) is 8.06. The Kier molecular flexibility index (Phi) is 5.83. The molecule has 0 bridgehead atoms. The number of alkyl halides is 3. The Morgan fingerprint density at radius 2 is 1.80 bits per heavy atom. The molecule has 0 saturated carbocycles. The van der Waals surface area contributed by atoms with E-state index in [9.17, 15) is 31.9 Å². The van der Waals surface area contributed by atoms with Crippen LogP contribution < -0.4 is 16.0 Å². The van der Waals surface area contributed by atoms with Crippen LogP contribution in [0.2, 0.25) is 0 Å². The first kappa shape index (κ1) is 23.9. The Hall–Kier alpha value is -4.22. The number of aryl methyl sites for hydroxylation is 2. The second-order valence-electron chi connectivity index (χ2n) is 8.06. The van der Waals surface area contributed by atoms with Gasteiger partial charge in [-0.2, -0.15) is 18.3 Å². The molecule has 0 unspecified atom stereocenters. The van der Waals surface area contributed by atoms with E-state index in [1.54, 1.807) is 20.0 Å². The first-order chi connectivity index (χ1) is 16.4. The molecule has 1 aromatic heterocycles. The van der Waals surface area contributed by atoms with Gasteiger partial charge in [-0.3, -0.25) is 19.6 Å². The molecule has 4 rings (SSSR count). The smallest absolute Gasteiger partial charge is 0.349 e. The molecule has 3 aromatic rings. The molecule has 1 saturated heterocycles. The van der Waals surface area contributed by atoms with E-state index in [0.29, 0.717) is 11.4 Å². The van der Waals surface area contributed by atoms with Gasteiger partial charge in [-0.15, -0.1) is 0 Å². The van der Waals surface area contributed by atoms with Crippen molar-refractivity contribution in [3.8, 4) is 11.1 Å². The van der Waals surface area contributed by atoms with E-state index in [1.165, 1.54) is 10.7 Å². The fourth-order valence-corrected chi connectivity index (χ4v) is 4.00. The highest BCUT2D eigenvalue weighted by molar-refractivity contribution is 6.08. The van der Waals surface area contributed by atoms with Crippen molar-refractivity contribution in [2.24, 2.45) is 7.05 Å². The number of hydrogen-bond donors (Lipinski definition) is 3. The monoisotopic (exact) mass is 489 g/mol.